The second kappa shape index (κ2) is 9.94. The standard InChI is InChI=1S/C23H26BrF2N3O4/c1-23(2,3)33-22(31)27-12-19(14-7-15(25)10-16(8-14)32-4)28-21(30)29-6-5-13-9-17(24)18(26)11-20(13)29/h7-11,19H,5-6,12H2,1-4H3,(H,27,31)(H,28,30). The van der Waals surface area contributed by atoms with Gasteiger partial charge in [-0.1, -0.05) is 0 Å². The van der Waals surface area contributed by atoms with E-state index >= 15 is 0 Å². The Kier molecular flexibility index (Phi) is 7.46. The quantitative estimate of drug-likeness (QED) is 0.570. The summed E-state index contributed by atoms with van der Waals surface area (Å²) in [6, 6.07) is 5.66. The number of nitrogens with one attached hydrogen (secondary N) is 2. The zero-order valence-electron chi connectivity index (χ0n) is 18.8. The fraction of sp³-hybridized carbons (Fsp3) is 0.391. The van der Waals surface area contributed by atoms with Crippen LogP contribution in [-0.2, 0) is 11.2 Å². The van der Waals surface area contributed by atoms with E-state index in [0.717, 1.165) is 5.56 Å². The monoisotopic (exact) mass is 525 g/mol. The third-order valence-electron chi connectivity index (χ3n) is 4.94. The third-order valence-corrected chi connectivity index (χ3v) is 5.55. The van der Waals surface area contributed by atoms with Crippen molar-refractivity contribution < 1.29 is 27.8 Å². The van der Waals surface area contributed by atoms with Gasteiger partial charge in [0.2, 0.25) is 0 Å². The zero-order chi connectivity index (χ0) is 24.3. The molecule has 0 saturated carbocycles. The number of ether oxygens (including phenoxy) is 2. The van der Waals surface area contributed by atoms with Crippen LogP contribution in [0.3, 0.4) is 0 Å². The van der Waals surface area contributed by atoms with Gasteiger partial charge >= 0.3 is 12.1 Å². The summed E-state index contributed by atoms with van der Waals surface area (Å²) in [5.41, 5.74) is 0.971. The van der Waals surface area contributed by atoms with Crippen molar-refractivity contribution in [2.45, 2.75) is 38.8 Å². The molecule has 1 aliphatic heterocycles. The van der Waals surface area contributed by atoms with Crippen molar-refractivity contribution >= 4 is 33.7 Å². The lowest BCUT2D eigenvalue weighted by molar-refractivity contribution is 0.0522. The van der Waals surface area contributed by atoms with E-state index in [2.05, 4.69) is 26.6 Å². The van der Waals surface area contributed by atoms with Crippen LogP contribution in [0, 0.1) is 11.6 Å². The minimum Gasteiger partial charge on any atom is -0.497 e. The fourth-order valence-corrected chi connectivity index (χ4v) is 3.87. The van der Waals surface area contributed by atoms with Crippen molar-refractivity contribution in [3.63, 3.8) is 0 Å². The lowest BCUT2D eigenvalue weighted by Gasteiger charge is -2.26. The van der Waals surface area contributed by atoms with Gasteiger partial charge in [-0.05, 0) is 78.5 Å². The Labute approximate surface area is 199 Å². The number of methoxy groups -OCH3 is 1. The van der Waals surface area contributed by atoms with Crippen molar-refractivity contribution in [3.05, 3.63) is 57.6 Å². The van der Waals surface area contributed by atoms with E-state index in [1.54, 1.807) is 32.9 Å². The molecular formula is C23H26BrF2N3O4. The van der Waals surface area contributed by atoms with Crippen molar-refractivity contribution in [2.75, 3.05) is 25.1 Å². The van der Waals surface area contributed by atoms with Crippen LogP contribution in [0.1, 0.15) is 37.9 Å². The minimum absolute atomic E-state index is 0.0668. The Bertz CT molecular complexity index is 1060. The summed E-state index contributed by atoms with van der Waals surface area (Å²) in [5.74, 6) is -0.772. The second-order valence-electron chi connectivity index (χ2n) is 8.61. The Morgan fingerprint density at radius 1 is 1.18 bits per heavy atom. The van der Waals surface area contributed by atoms with Crippen molar-refractivity contribution in [3.8, 4) is 5.75 Å². The Morgan fingerprint density at radius 2 is 1.91 bits per heavy atom. The van der Waals surface area contributed by atoms with Crippen LogP contribution in [0.4, 0.5) is 24.1 Å². The number of carbonyl (C=O) groups excluding carboxylic acids is 2. The molecule has 2 aromatic rings. The van der Waals surface area contributed by atoms with Crippen molar-refractivity contribution in [2.24, 2.45) is 0 Å². The highest BCUT2D eigenvalue weighted by Crippen LogP contribution is 2.33. The molecule has 1 unspecified atom stereocenters. The van der Waals surface area contributed by atoms with Gasteiger partial charge in [0.25, 0.3) is 0 Å². The second-order valence-corrected chi connectivity index (χ2v) is 9.46. The molecule has 10 heteroatoms. The van der Waals surface area contributed by atoms with E-state index in [4.69, 9.17) is 9.47 Å². The smallest absolute Gasteiger partial charge is 0.407 e. The predicted octanol–water partition coefficient (Wildman–Crippen LogP) is 5.07. The molecule has 0 fully saturated rings. The summed E-state index contributed by atoms with van der Waals surface area (Å²) in [6.07, 6.45) is -0.112. The number of benzene rings is 2. The van der Waals surface area contributed by atoms with Crippen molar-refractivity contribution in [1.29, 1.82) is 0 Å². The van der Waals surface area contributed by atoms with Crippen LogP contribution in [0.2, 0.25) is 0 Å². The molecule has 0 spiro atoms. The molecule has 2 aromatic carbocycles. The van der Waals surface area contributed by atoms with Gasteiger partial charge in [-0.2, -0.15) is 0 Å². The first-order valence-electron chi connectivity index (χ1n) is 10.3. The van der Waals surface area contributed by atoms with E-state index in [1.807, 2.05) is 0 Å². The summed E-state index contributed by atoms with van der Waals surface area (Å²) in [4.78, 5) is 26.7. The molecule has 1 aliphatic rings. The Balaban J connectivity index is 1.83. The molecule has 0 radical (unpaired) electrons. The number of carbonyl (C=O) groups is 2. The van der Waals surface area contributed by atoms with Gasteiger partial charge in [0.05, 0.1) is 23.3 Å². The van der Waals surface area contributed by atoms with E-state index in [9.17, 15) is 18.4 Å². The summed E-state index contributed by atoms with van der Waals surface area (Å²) in [7, 11) is 1.40. The summed E-state index contributed by atoms with van der Waals surface area (Å²) < 4.78 is 39.0. The van der Waals surface area contributed by atoms with Crippen LogP contribution in [-0.4, -0.2) is 37.9 Å². The average molecular weight is 526 g/mol. The number of urea groups is 1. The zero-order valence-corrected chi connectivity index (χ0v) is 20.4. The number of alkyl carbamates (subject to hydrolysis) is 1. The number of rotatable bonds is 5. The average Bonchev–Trinajstić information content (AvgIpc) is 3.12. The molecule has 3 rings (SSSR count). The highest BCUT2D eigenvalue weighted by molar-refractivity contribution is 9.10. The normalized spacial score (nSPS) is 13.8. The van der Waals surface area contributed by atoms with E-state index in [1.165, 1.54) is 30.2 Å². The lowest BCUT2D eigenvalue weighted by Crippen LogP contribution is -2.45. The Hall–Kier alpha value is -2.88. The fourth-order valence-electron chi connectivity index (χ4n) is 3.47. The van der Waals surface area contributed by atoms with Crippen molar-refractivity contribution in [1.82, 2.24) is 10.6 Å². The van der Waals surface area contributed by atoms with Gasteiger partial charge in [0.15, 0.2) is 0 Å². The van der Waals surface area contributed by atoms with Gasteiger partial charge in [-0.3, -0.25) is 4.90 Å². The molecule has 0 saturated heterocycles. The Morgan fingerprint density at radius 3 is 2.58 bits per heavy atom. The van der Waals surface area contributed by atoms with E-state index in [0.29, 0.717) is 28.7 Å². The number of nitrogens with zero attached hydrogens (tertiary/aromatic N) is 1. The molecular weight excluding hydrogens is 500 g/mol. The molecule has 3 amide bonds. The number of anilines is 1. The van der Waals surface area contributed by atoms with Gasteiger partial charge in [0, 0.05) is 19.2 Å². The first-order valence-corrected chi connectivity index (χ1v) is 11.1. The molecule has 2 N–H and O–H groups in total. The van der Waals surface area contributed by atoms with Crippen LogP contribution in [0.15, 0.2) is 34.8 Å². The maximum Gasteiger partial charge on any atom is 0.407 e. The topological polar surface area (TPSA) is 79.9 Å². The molecule has 0 aromatic heterocycles. The molecule has 178 valence electrons. The number of fused-ring (bicyclic) bond motifs is 1. The SMILES string of the molecule is COc1cc(F)cc(C(CNC(=O)OC(C)(C)C)NC(=O)N2CCc3cc(Br)c(F)cc32)c1. The maximum atomic E-state index is 14.2. The highest BCUT2D eigenvalue weighted by atomic mass is 79.9. The predicted molar refractivity (Wildman–Crippen MR) is 124 cm³/mol. The van der Waals surface area contributed by atoms with Crippen LogP contribution in [0.5, 0.6) is 5.75 Å². The van der Waals surface area contributed by atoms with E-state index < -0.39 is 35.4 Å². The molecule has 7 nitrogen and oxygen atoms in total. The summed E-state index contributed by atoms with van der Waals surface area (Å²) >= 11 is 3.16. The number of amides is 3. The van der Waals surface area contributed by atoms with E-state index in [-0.39, 0.29) is 12.3 Å². The third kappa shape index (κ3) is 6.34. The molecule has 1 heterocycles. The number of halogens is 3. The van der Waals surface area contributed by atoms with Gasteiger partial charge < -0.3 is 20.1 Å². The summed E-state index contributed by atoms with van der Waals surface area (Å²) in [5, 5.41) is 5.41. The van der Waals surface area contributed by atoms with Gasteiger partial charge in [0.1, 0.15) is 23.0 Å². The molecule has 1 atom stereocenters. The van der Waals surface area contributed by atoms with Gasteiger partial charge in [-0.25, -0.2) is 18.4 Å². The molecule has 0 bridgehead atoms. The first kappa shape index (κ1) is 24.8. The number of hydrogen-bond acceptors (Lipinski definition) is 4. The number of hydrogen-bond donors (Lipinski definition) is 2. The lowest BCUT2D eigenvalue weighted by atomic mass is 10.1. The largest absolute Gasteiger partial charge is 0.497 e. The van der Waals surface area contributed by atoms with Crippen LogP contribution >= 0.6 is 15.9 Å². The van der Waals surface area contributed by atoms with Crippen LogP contribution < -0.4 is 20.3 Å². The molecule has 0 aliphatic carbocycles. The first-order chi connectivity index (χ1) is 15.5. The van der Waals surface area contributed by atoms with Gasteiger partial charge in [-0.15, -0.1) is 0 Å². The maximum absolute atomic E-state index is 14.2. The highest BCUT2D eigenvalue weighted by Gasteiger charge is 2.29. The van der Waals surface area contributed by atoms with Crippen LogP contribution in [0.25, 0.3) is 0 Å². The molecule has 33 heavy (non-hydrogen) atoms. The minimum atomic E-state index is -0.807. The summed E-state index contributed by atoms with van der Waals surface area (Å²) in [6.45, 7) is 5.47.